The molecule has 0 saturated carbocycles. The van der Waals surface area contributed by atoms with Crippen molar-refractivity contribution in [3.63, 3.8) is 0 Å². The number of aromatic nitrogens is 1. The minimum atomic E-state index is -1.41. The van der Waals surface area contributed by atoms with Crippen molar-refractivity contribution in [2.45, 2.75) is 4.90 Å². The van der Waals surface area contributed by atoms with E-state index in [2.05, 4.69) is 4.98 Å². The van der Waals surface area contributed by atoms with Gasteiger partial charge in [0.05, 0.1) is 4.90 Å². The van der Waals surface area contributed by atoms with E-state index >= 15 is 0 Å². The Hall–Kier alpha value is -1.52. The fraction of sp³-hybridized carbons (Fsp3) is 0. The van der Waals surface area contributed by atoms with Crippen LogP contribution in [0.2, 0.25) is 0 Å². The third-order valence-corrected chi connectivity index (χ3v) is 2.84. The normalized spacial score (nSPS) is 12.3. The Labute approximate surface area is 90.6 Å². The summed E-state index contributed by atoms with van der Waals surface area (Å²) in [6.45, 7) is 0. The van der Waals surface area contributed by atoms with E-state index in [1.807, 2.05) is 24.3 Å². The van der Waals surface area contributed by atoms with Crippen LogP contribution in [0.15, 0.2) is 53.7 Å². The summed E-state index contributed by atoms with van der Waals surface area (Å²) >= 11 is 0. The van der Waals surface area contributed by atoms with Crippen LogP contribution in [0, 0.1) is 0 Å². The molecule has 0 bridgehead atoms. The molecule has 1 atom stereocenters. The highest BCUT2D eigenvalue weighted by atomic mass is 32.2. The first kappa shape index (κ1) is 10.0. The van der Waals surface area contributed by atoms with Crippen LogP contribution in [-0.4, -0.2) is 9.19 Å². The molecular formula is C11H10N2OS. The van der Waals surface area contributed by atoms with E-state index in [-0.39, 0.29) is 0 Å². The van der Waals surface area contributed by atoms with Crippen LogP contribution in [0.4, 0.5) is 0 Å². The van der Waals surface area contributed by atoms with E-state index in [1.165, 1.54) is 0 Å². The van der Waals surface area contributed by atoms with Gasteiger partial charge in [0, 0.05) is 12.4 Å². The summed E-state index contributed by atoms with van der Waals surface area (Å²) in [7, 11) is -1.41. The molecule has 0 amide bonds. The smallest absolute Gasteiger partial charge is 0.122 e. The number of nitrogens with two attached hydrogens (primary N) is 1. The van der Waals surface area contributed by atoms with Crippen molar-refractivity contribution in [1.82, 2.24) is 4.98 Å². The van der Waals surface area contributed by atoms with Crippen molar-refractivity contribution in [2.24, 2.45) is 5.14 Å². The first-order valence-corrected chi connectivity index (χ1v) is 5.65. The zero-order valence-corrected chi connectivity index (χ0v) is 8.78. The van der Waals surface area contributed by atoms with Gasteiger partial charge in [0.2, 0.25) is 0 Å². The quantitative estimate of drug-likeness (QED) is 0.834. The van der Waals surface area contributed by atoms with Gasteiger partial charge in [0.15, 0.2) is 0 Å². The van der Waals surface area contributed by atoms with Gasteiger partial charge in [0.25, 0.3) is 0 Å². The number of hydrogen-bond donors (Lipinski definition) is 1. The summed E-state index contributed by atoms with van der Waals surface area (Å²) in [5, 5.41) is 5.26. The third kappa shape index (κ3) is 2.29. The van der Waals surface area contributed by atoms with Crippen molar-refractivity contribution < 1.29 is 4.21 Å². The van der Waals surface area contributed by atoms with E-state index in [0.717, 1.165) is 11.1 Å². The van der Waals surface area contributed by atoms with Gasteiger partial charge in [-0.1, -0.05) is 12.1 Å². The second-order valence-corrected chi connectivity index (χ2v) is 4.12. The predicted molar refractivity (Wildman–Crippen MR) is 60.3 cm³/mol. The topological polar surface area (TPSA) is 56.0 Å². The monoisotopic (exact) mass is 218 g/mol. The first-order chi connectivity index (χ1) is 7.27. The second-order valence-electron chi connectivity index (χ2n) is 3.06. The number of nitrogens with zero attached hydrogens (tertiary/aromatic N) is 1. The van der Waals surface area contributed by atoms with Crippen molar-refractivity contribution in [2.75, 3.05) is 0 Å². The van der Waals surface area contributed by atoms with Crippen LogP contribution in [0.5, 0.6) is 0 Å². The molecule has 2 aromatic rings. The standard InChI is InChI=1S/C11H10N2OS/c12-15(14)11-3-1-9(2-4-11)10-5-7-13-8-6-10/h1-8H,12H2. The average molecular weight is 218 g/mol. The number of benzene rings is 1. The lowest BCUT2D eigenvalue weighted by Crippen LogP contribution is -2.01. The molecule has 76 valence electrons. The minimum Gasteiger partial charge on any atom is -0.265 e. The summed E-state index contributed by atoms with van der Waals surface area (Å²) in [6.07, 6.45) is 3.48. The fourth-order valence-corrected chi connectivity index (χ4v) is 1.73. The second kappa shape index (κ2) is 4.33. The Morgan fingerprint density at radius 3 is 2.00 bits per heavy atom. The van der Waals surface area contributed by atoms with Crippen LogP contribution >= 0.6 is 0 Å². The minimum absolute atomic E-state index is 0.632. The molecule has 0 fully saturated rings. The molecule has 0 aliphatic heterocycles. The van der Waals surface area contributed by atoms with Gasteiger partial charge in [-0.3, -0.25) is 4.98 Å². The lowest BCUT2D eigenvalue weighted by molar-refractivity contribution is 0.684. The molecule has 3 nitrogen and oxygen atoms in total. The van der Waals surface area contributed by atoms with Gasteiger partial charge in [-0.2, -0.15) is 0 Å². The summed E-state index contributed by atoms with van der Waals surface area (Å²) in [4.78, 5) is 4.58. The summed E-state index contributed by atoms with van der Waals surface area (Å²) in [5.74, 6) is 0. The van der Waals surface area contributed by atoms with Gasteiger partial charge in [-0.15, -0.1) is 0 Å². The first-order valence-electron chi connectivity index (χ1n) is 4.44. The Kier molecular flexibility index (Phi) is 2.89. The van der Waals surface area contributed by atoms with Crippen LogP contribution in [0.3, 0.4) is 0 Å². The molecule has 0 saturated heterocycles. The molecule has 0 aliphatic rings. The Bertz CT molecular complexity index is 468. The van der Waals surface area contributed by atoms with Crippen LogP contribution in [0.25, 0.3) is 11.1 Å². The number of pyridine rings is 1. The molecule has 15 heavy (non-hydrogen) atoms. The van der Waals surface area contributed by atoms with E-state index in [4.69, 9.17) is 5.14 Å². The van der Waals surface area contributed by atoms with Crippen LogP contribution in [0.1, 0.15) is 0 Å². The molecular weight excluding hydrogens is 208 g/mol. The largest absolute Gasteiger partial charge is 0.265 e. The molecule has 1 unspecified atom stereocenters. The van der Waals surface area contributed by atoms with E-state index < -0.39 is 11.0 Å². The maximum atomic E-state index is 11.0. The fourth-order valence-electron chi connectivity index (χ4n) is 1.33. The van der Waals surface area contributed by atoms with Gasteiger partial charge in [0.1, 0.15) is 11.0 Å². The Balaban J connectivity index is 2.36. The van der Waals surface area contributed by atoms with Gasteiger partial charge < -0.3 is 0 Å². The molecule has 2 N–H and O–H groups in total. The maximum Gasteiger partial charge on any atom is 0.122 e. The molecule has 0 spiro atoms. The van der Waals surface area contributed by atoms with Crippen molar-refractivity contribution in [3.05, 3.63) is 48.8 Å². The molecule has 1 heterocycles. The van der Waals surface area contributed by atoms with Gasteiger partial charge in [-0.25, -0.2) is 9.35 Å². The zero-order valence-electron chi connectivity index (χ0n) is 7.96. The van der Waals surface area contributed by atoms with Crippen molar-refractivity contribution >= 4 is 11.0 Å². The molecule has 1 aromatic carbocycles. The molecule has 0 aliphatic carbocycles. The highest BCUT2D eigenvalue weighted by Gasteiger charge is 1.99. The number of rotatable bonds is 2. The van der Waals surface area contributed by atoms with E-state index in [9.17, 15) is 4.21 Å². The number of hydrogen-bond acceptors (Lipinski definition) is 2. The van der Waals surface area contributed by atoms with Crippen LogP contribution < -0.4 is 5.14 Å². The van der Waals surface area contributed by atoms with E-state index in [1.54, 1.807) is 24.5 Å². The SMILES string of the molecule is NS(=O)c1ccc(-c2ccncc2)cc1. The summed E-state index contributed by atoms with van der Waals surface area (Å²) in [6, 6.07) is 11.2. The van der Waals surface area contributed by atoms with Gasteiger partial charge >= 0.3 is 0 Å². The highest BCUT2D eigenvalue weighted by molar-refractivity contribution is 7.82. The van der Waals surface area contributed by atoms with Crippen molar-refractivity contribution in [1.29, 1.82) is 0 Å². The van der Waals surface area contributed by atoms with E-state index in [0.29, 0.717) is 4.90 Å². The lowest BCUT2D eigenvalue weighted by Gasteiger charge is -2.01. The van der Waals surface area contributed by atoms with Gasteiger partial charge in [-0.05, 0) is 35.4 Å². The average Bonchev–Trinajstić information content (AvgIpc) is 2.30. The maximum absolute atomic E-state index is 11.0. The summed E-state index contributed by atoms with van der Waals surface area (Å²) < 4.78 is 11.0. The molecule has 1 aromatic heterocycles. The van der Waals surface area contributed by atoms with Crippen LogP contribution in [-0.2, 0) is 11.0 Å². The molecule has 2 rings (SSSR count). The Morgan fingerprint density at radius 2 is 1.47 bits per heavy atom. The zero-order chi connectivity index (χ0) is 10.7. The highest BCUT2D eigenvalue weighted by Crippen LogP contribution is 2.19. The van der Waals surface area contributed by atoms with Crippen molar-refractivity contribution in [3.8, 4) is 11.1 Å². The molecule has 4 heteroatoms. The molecule has 0 radical (unpaired) electrons. The predicted octanol–water partition coefficient (Wildman–Crippen LogP) is 1.73. The Morgan fingerprint density at radius 1 is 0.933 bits per heavy atom. The lowest BCUT2D eigenvalue weighted by atomic mass is 10.1. The third-order valence-electron chi connectivity index (χ3n) is 2.10. The summed E-state index contributed by atoms with van der Waals surface area (Å²) in [5.41, 5.74) is 2.14.